The van der Waals surface area contributed by atoms with Crippen LogP contribution < -0.4 is 10.1 Å². The molecule has 1 saturated carbocycles. The van der Waals surface area contributed by atoms with Crippen LogP contribution >= 0.6 is 11.6 Å². The van der Waals surface area contributed by atoms with Gasteiger partial charge in [0.25, 0.3) is 12.1 Å². The van der Waals surface area contributed by atoms with E-state index in [-0.39, 0.29) is 20.9 Å². The highest BCUT2D eigenvalue weighted by atomic mass is 35.5. The third-order valence-corrected chi connectivity index (χ3v) is 6.54. The van der Waals surface area contributed by atoms with Gasteiger partial charge in [-0.25, -0.2) is 18.1 Å². The Labute approximate surface area is 227 Å². The number of nitriles is 1. The van der Waals surface area contributed by atoms with Crippen LogP contribution in [0.3, 0.4) is 0 Å². The van der Waals surface area contributed by atoms with Crippen molar-refractivity contribution in [2.75, 3.05) is 0 Å². The van der Waals surface area contributed by atoms with Crippen molar-refractivity contribution >= 4 is 23.1 Å². The molecule has 0 aliphatic heterocycles. The van der Waals surface area contributed by atoms with Gasteiger partial charge in [-0.2, -0.15) is 45.5 Å². The zero-order valence-corrected chi connectivity index (χ0v) is 21.0. The number of halogens is 11. The fourth-order valence-corrected chi connectivity index (χ4v) is 4.21. The van der Waals surface area contributed by atoms with Crippen LogP contribution in [0.1, 0.15) is 30.4 Å². The number of alkyl halides is 9. The van der Waals surface area contributed by atoms with Crippen molar-refractivity contribution in [2.24, 2.45) is 13.0 Å². The summed E-state index contributed by atoms with van der Waals surface area (Å²) in [5, 5.41) is 18.2. The summed E-state index contributed by atoms with van der Waals surface area (Å²) < 4.78 is 139. The zero-order valence-electron chi connectivity index (χ0n) is 20.2. The Morgan fingerprint density at radius 2 is 1.88 bits per heavy atom. The summed E-state index contributed by atoms with van der Waals surface area (Å²) in [5.41, 5.74) is -3.64. The van der Waals surface area contributed by atoms with E-state index in [1.807, 2.05) is 6.07 Å². The number of hydrogen-bond donors (Lipinski definition) is 1. The van der Waals surface area contributed by atoms with E-state index in [0.717, 1.165) is 25.5 Å². The molecule has 2 heterocycles. The van der Waals surface area contributed by atoms with Crippen LogP contribution in [0.15, 0.2) is 29.3 Å². The fraction of sp³-hybridized carbons (Fsp3) is 0.455. The van der Waals surface area contributed by atoms with E-state index in [9.17, 15) is 54.0 Å². The van der Waals surface area contributed by atoms with Crippen LogP contribution in [0.2, 0.25) is 0 Å². The molecule has 1 amide bonds. The number of ether oxygens (including phenoxy) is 1. The molecule has 0 saturated heterocycles. The number of hydrogen-bond acceptors (Lipinski definition) is 5. The van der Waals surface area contributed by atoms with Gasteiger partial charge in [0.1, 0.15) is 11.4 Å². The minimum Gasteiger partial charge on any atom is -0.410 e. The molecule has 8 nitrogen and oxygen atoms in total. The zero-order chi connectivity index (χ0) is 30.7. The molecule has 222 valence electrons. The molecule has 1 fully saturated rings. The van der Waals surface area contributed by atoms with Gasteiger partial charge in [-0.05, 0) is 30.9 Å². The quantitative estimate of drug-likeness (QED) is 0.413. The molecular formula is C22H15ClF10N6O2. The number of aryl methyl sites for hydroxylation is 1. The molecule has 19 heteroatoms. The van der Waals surface area contributed by atoms with Gasteiger partial charge in [-0.1, -0.05) is 11.6 Å². The molecule has 2 aromatic heterocycles. The monoisotopic (exact) mass is 620 g/mol. The van der Waals surface area contributed by atoms with E-state index in [1.54, 1.807) is 0 Å². The molecule has 2 aliphatic rings. The van der Waals surface area contributed by atoms with Crippen LogP contribution in [0.5, 0.6) is 5.88 Å². The normalized spacial score (nSPS) is 19.9. The van der Waals surface area contributed by atoms with Crippen LogP contribution in [0.25, 0.3) is 11.4 Å². The molecule has 2 aromatic rings. The number of carbonyl (C=O) groups excluding carboxylic acids is 1. The second-order valence-electron chi connectivity index (χ2n) is 9.16. The van der Waals surface area contributed by atoms with Crippen molar-refractivity contribution in [3.05, 3.63) is 40.5 Å². The van der Waals surface area contributed by atoms with E-state index in [2.05, 4.69) is 20.3 Å². The average molecular weight is 621 g/mol. The smallest absolute Gasteiger partial charge is 0.410 e. The van der Waals surface area contributed by atoms with E-state index < -0.39 is 71.5 Å². The van der Waals surface area contributed by atoms with Gasteiger partial charge in [0.15, 0.2) is 11.4 Å². The number of amides is 1. The number of rotatable bonds is 7. The Bertz CT molecular complexity index is 1480. The van der Waals surface area contributed by atoms with Crippen LogP contribution in [-0.4, -0.2) is 49.5 Å². The Balaban J connectivity index is 1.68. The van der Waals surface area contributed by atoms with Crippen molar-refractivity contribution in [3.8, 4) is 17.8 Å². The van der Waals surface area contributed by atoms with Gasteiger partial charge in [-0.3, -0.25) is 4.79 Å². The summed E-state index contributed by atoms with van der Waals surface area (Å²) in [6.45, 7) is 0. The maximum atomic E-state index is 14.8. The first-order valence-corrected chi connectivity index (χ1v) is 11.6. The van der Waals surface area contributed by atoms with Crippen LogP contribution in [-0.2, 0) is 18.0 Å². The summed E-state index contributed by atoms with van der Waals surface area (Å²) in [6.07, 6.45) is -19.7. The van der Waals surface area contributed by atoms with Gasteiger partial charge in [-0.15, -0.1) is 5.10 Å². The summed E-state index contributed by atoms with van der Waals surface area (Å²) in [6, 6.07) is 1.93. The highest BCUT2D eigenvalue weighted by Crippen LogP contribution is 2.45. The summed E-state index contributed by atoms with van der Waals surface area (Å²) in [5.74, 6) is -6.09. The van der Waals surface area contributed by atoms with E-state index in [0.29, 0.717) is 17.5 Å². The minimum absolute atomic E-state index is 0.190. The summed E-state index contributed by atoms with van der Waals surface area (Å²) in [4.78, 5) is 12.7. The molecule has 0 spiro atoms. The Kier molecular flexibility index (Phi) is 7.34. The number of nitrogens with one attached hydrogen (secondary N) is 1. The van der Waals surface area contributed by atoms with Crippen molar-refractivity contribution < 1.29 is 53.4 Å². The number of aromatic nitrogens is 4. The first-order valence-electron chi connectivity index (χ1n) is 11.3. The predicted molar refractivity (Wildman–Crippen MR) is 118 cm³/mol. The third-order valence-electron chi connectivity index (χ3n) is 6.17. The number of nitrogens with zero attached hydrogens (tertiary/aromatic N) is 5. The first-order chi connectivity index (χ1) is 18.8. The lowest BCUT2D eigenvalue weighted by Crippen LogP contribution is -2.46. The van der Waals surface area contributed by atoms with Gasteiger partial charge >= 0.3 is 18.5 Å². The van der Waals surface area contributed by atoms with Crippen molar-refractivity contribution in [3.63, 3.8) is 0 Å². The second kappa shape index (κ2) is 9.96. The van der Waals surface area contributed by atoms with Crippen LogP contribution in [0.4, 0.5) is 43.9 Å². The highest BCUT2D eigenvalue weighted by Gasteiger charge is 2.60. The molecule has 2 unspecified atom stereocenters. The molecule has 2 atom stereocenters. The molecule has 1 N–H and O–H groups in total. The number of allylic oxidation sites excluding steroid dienone is 3. The summed E-state index contributed by atoms with van der Waals surface area (Å²) in [7, 11) is 0.778. The lowest BCUT2D eigenvalue weighted by molar-refractivity contribution is -0.306. The molecule has 4 rings (SSSR count). The fourth-order valence-electron chi connectivity index (χ4n) is 3.93. The maximum Gasteiger partial charge on any atom is 0.440 e. The third kappa shape index (κ3) is 5.85. The second-order valence-corrected chi connectivity index (χ2v) is 9.60. The van der Waals surface area contributed by atoms with Crippen LogP contribution in [0, 0.1) is 17.2 Å². The molecule has 0 radical (unpaired) electrons. The van der Waals surface area contributed by atoms with Gasteiger partial charge in [0.2, 0.25) is 5.91 Å². The lowest BCUT2D eigenvalue weighted by Gasteiger charge is -2.23. The molecule has 0 aromatic carbocycles. The number of carbonyl (C=O) groups is 1. The van der Waals surface area contributed by atoms with E-state index >= 15 is 0 Å². The highest BCUT2D eigenvalue weighted by molar-refractivity contribution is 6.32. The topological polar surface area (TPSA) is 97.8 Å². The molecule has 2 aliphatic carbocycles. The SMILES string of the molecule is Cn1nc(OC(F)(F)C(F)C(F)(F)F)c(C(F)(F)F)c1-n1cc(C2=C(F)C=C(Cl)C(C(=O)NC3(C#N)CC3)C2)cn1. The Morgan fingerprint density at radius 1 is 1.24 bits per heavy atom. The first kappa shape index (κ1) is 30.2. The van der Waals surface area contributed by atoms with Crippen molar-refractivity contribution in [1.82, 2.24) is 24.9 Å². The van der Waals surface area contributed by atoms with Crippen molar-refractivity contribution in [2.45, 2.75) is 49.4 Å². The Morgan fingerprint density at radius 3 is 2.41 bits per heavy atom. The van der Waals surface area contributed by atoms with Gasteiger partial charge in [0.05, 0.1) is 18.2 Å². The van der Waals surface area contributed by atoms with E-state index in [1.165, 1.54) is 0 Å². The van der Waals surface area contributed by atoms with Gasteiger partial charge in [0, 0.05) is 23.8 Å². The van der Waals surface area contributed by atoms with Crippen molar-refractivity contribution in [1.29, 1.82) is 5.26 Å². The molecule has 41 heavy (non-hydrogen) atoms. The van der Waals surface area contributed by atoms with Gasteiger partial charge < -0.3 is 10.1 Å². The summed E-state index contributed by atoms with van der Waals surface area (Å²) >= 11 is 6.03. The minimum atomic E-state index is -6.17. The Hall–Kier alpha value is -3.75. The maximum absolute atomic E-state index is 14.8. The molecular weight excluding hydrogens is 606 g/mol. The molecule has 0 bridgehead atoms. The lowest BCUT2D eigenvalue weighted by atomic mass is 9.89. The average Bonchev–Trinajstić information content (AvgIpc) is 3.29. The predicted octanol–water partition coefficient (Wildman–Crippen LogP) is 5.49. The van der Waals surface area contributed by atoms with E-state index in [4.69, 9.17) is 11.6 Å². The standard InChI is InChI=1S/C22H15ClF10N6O2/c1-38-17(14(20(26,27)28)16(37-38)41-22(32,33)18(25)21(29,30)31)39-7-9(6-35-39)10-4-11(12(23)5-13(10)24)15(40)36-19(8-34)2-3-19/h5-7,11,18H,2-4H2,1H3,(H,36,40). The largest absolute Gasteiger partial charge is 0.440 e.